The molecule has 2 aliphatic carbocycles. The number of unbranched alkanes of at least 4 members (excludes halogenated alkanes) is 6. The van der Waals surface area contributed by atoms with Gasteiger partial charge in [0.15, 0.2) is 0 Å². The number of rotatable bonds is 12. The van der Waals surface area contributed by atoms with Crippen LogP contribution in [0.4, 0.5) is 0 Å². The van der Waals surface area contributed by atoms with Gasteiger partial charge in [-0.2, -0.15) is 0 Å². The predicted octanol–water partition coefficient (Wildman–Crippen LogP) is 13.1. The topological polar surface area (TPSA) is 0 Å². The lowest BCUT2D eigenvalue weighted by Gasteiger charge is -2.30. The maximum atomic E-state index is 2.57. The van der Waals surface area contributed by atoms with Gasteiger partial charge in [-0.3, -0.25) is 0 Å². The molecule has 0 N–H and O–H groups in total. The Kier molecular flexibility index (Phi) is 9.05. The monoisotopic (exact) mass is 614 g/mol. The Morgan fingerprint density at radius 1 is 0.511 bits per heavy atom. The van der Waals surface area contributed by atoms with Crippen LogP contribution in [0.2, 0.25) is 0 Å². The van der Waals surface area contributed by atoms with Crippen molar-refractivity contribution in [1.82, 2.24) is 0 Å². The van der Waals surface area contributed by atoms with Gasteiger partial charge in [0.1, 0.15) is 0 Å². The zero-order valence-electron chi connectivity index (χ0n) is 29.0. The van der Waals surface area contributed by atoms with Crippen molar-refractivity contribution in [2.75, 3.05) is 0 Å². The summed E-state index contributed by atoms with van der Waals surface area (Å²) in [7, 11) is 0. The molecule has 0 amide bonds. The Balaban J connectivity index is 1.35. The van der Waals surface area contributed by atoms with Crippen LogP contribution < -0.4 is 0 Å². The third kappa shape index (κ3) is 5.93. The number of hydrogen-bond acceptors (Lipinski definition) is 0. The van der Waals surface area contributed by atoms with Gasteiger partial charge < -0.3 is 0 Å². The highest BCUT2D eigenvalue weighted by atomic mass is 14.4. The van der Waals surface area contributed by atoms with Crippen LogP contribution in [0.1, 0.15) is 122 Å². The van der Waals surface area contributed by atoms with Gasteiger partial charge >= 0.3 is 0 Å². The zero-order valence-corrected chi connectivity index (χ0v) is 29.0. The highest BCUT2D eigenvalue weighted by molar-refractivity contribution is 6.06. The Morgan fingerprint density at radius 2 is 1.04 bits per heavy atom. The Morgan fingerprint density at radius 3 is 1.62 bits per heavy atom. The molecule has 0 radical (unpaired) electrons. The molecule has 0 saturated heterocycles. The maximum Gasteiger partial charge on any atom is 0.0436 e. The molecule has 0 fully saturated rings. The number of benzene rings is 5. The first-order chi connectivity index (χ1) is 23.0. The van der Waals surface area contributed by atoms with Crippen molar-refractivity contribution in [1.29, 1.82) is 0 Å². The van der Waals surface area contributed by atoms with Crippen LogP contribution in [0.25, 0.3) is 33.9 Å². The fourth-order valence-electron chi connectivity index (χ4n) is 8.29. The number of hydrogen-bond donors (Lipinski definition) is 0. The maximum absolute atomic E-state index is 2.57. The average Bonchev–Trinajstić information content (AvgIpc) is 3.54. The quantitative estimate of drug-likeness (QED) is 0.120. The van der Waals surface area contributed by atoms with Gasteiger partial charge in [0.2, 0.25) is 0 Å². The number of aryl methyl sites for hydroxylation is 3. The lowest BCUT2D eigenvalue weighted by Crippen LogP contribution is -2.23. The highest BCUT2D eigenvalue weighted by Crippen LogP contribution is 2.54. The molecular formula is C47H50. The summed E-state index contributed by atoms with van der Waals surface area (Å²) in [6, 6.07) is 39.8. The summed E-state index contributed by atoms with van der Waals surface area (Å²) in [4.78, 5) is 0. The Labute approximate surface area is 283 Å². The second kappa shape index (κ2) is 13.5. The highest BCUT2D eigenvalue weighted by Gasteiger charge is 2.41. The van der Waals surface area contributed by atoms with Crippen molar-refractivity contribution < 1.29 is 0 Å². The summed E-state index contributed by atoms with van der Waals surface area (Å²) in [6.07, 6.45) is 15.2. The molecule has 2 aliphatic rings. The van der Waals surface area contributed by atoms with E-state index >= 15 is 0 Å². The molecule has 0 heterocycles. The largest absolute Gasteiger partial charge is 0.0654 e. The SMILES string of the molecule is CCCCCCc1cc(CCCCCC)cc(C2(C)c3cc(C)ccc3-c3ccc(C=C4c5ccccc5-c5ccccc54)cc32)c1. The minimum atomic E-state index is -0.214. The Bertz CT molecular complexity index is 1860. The first-order valence-corrected chi connectivity index (χ1v) is 18.3. The van der Waals surface area contributed by atoms with Crippen molar-refractivity contribution in [3.8, 4) is 22.3 Å². The van der Waals surface area contributed by atoms with Crippen LogP contribution in [0.3, 0.4) is 0 Å². The van der Waals surface area contributed by atoms with E-state index in [0.29, 0.717) is 0 Å². The lowest BCUT2D eigenvalue weighted by atomic mass is 9.72. The molecule has 7 rings (SSSR count). The van der Waals surface area contributed by atoms with Gasteiger partial charge in [-0.05, 0) is 124 Å². The van der Waals surface area contributed by atoms with Gasteiger partial charge in [0.25, 0.3) is 0 Å². The second-order valence-corrected chi connectivity index (χ2v) is 14.3. The molecule has 238 valence electrons. The summed E-state index contributed by atoms with van der Waals surface area (Å²) in [5.74, 6) is 0. The van der Waals surface area contributed by atoms with Gasteiger partial charge in [0, 0.05) is 5.41 Å². The first kappa shape index (κ1) is 31.4. The van der Waals surface area contributed by atoms with E-state index in [1.54, 1.807) is 0 Å². The van der Waals surface area contributed by atoms with E-state index in [0.717, 1.165) is 0 Å². The standard InChI is InChI=1S/C47H50/c1-5-7-9-11-17-34-28-35(18-12-10-8-6-2)30-37(29-34)47(4)45-27-33(3)23-25-42(45)43-26-24-36(32-46(43)47)31-44-40-21-15-13-19-38(40)39-20-14-16-22-41(39)44/h13-16,19-32H,5-12,17-18H2,1-4H3. The summed E-state index contributed by atoms with van der Waals surface area (Å²) >= 11 is 0. The molecule has 5 aromatic rings. The van der Waals surface area contributed by atoms with Gasteiger partial charge in [-0.1, -0.05) is 155 Å². The molecule has 5 aromatic carbocycles. The van der Waals surface area contributed by atoms with Crippen molar-refractivity contribution >= 4 is 11.6 Å². The summed E-state index contributed by atoms with van der Waals surface area (Å²) in [6.45, 7) is 9.37. The van der Waals surface area contributed by atoms with E-state index in [1.165, 1.54) is 142 Å². The molecule has 0 saturated carbocycles. The third-order valence-electron chi connectivity index (χ3n) is 10.9. The van der Waals surface area contributed by atoms with Crippen molar-refractivity contribution in [3.05, 3.63) is 153 Å². The smallest absolute Gasteiger partial charge is 0.0436 e. The van der Waals surface area contributed by atoms with Crippen LogP contribution in [-0.2, 0) is 18.3 Å². The van der Waals surface area contributed by atoms with E-state index in [1.807, 2.05) is 0 Å². The molecule has 0 spiro atoms. The van der Waals surface area contributed by atoms with Crippen LogP contribution in [-0.4, -0.2) is 0 Å². The zero-order chi connectivity index (χ0) is 32.4. The molecule has 0 aromatic heterocycles. The molecule has 1 atom stereocenters. The average molecular weight is 615 g/mol. The molecule has 0 bridgehead atoms. The fraction of sp³-hybridized carbons (Fsp3) is 0.319. The fourth-order valence-corrected chi connectivity index (χ4v) is 8.29. The van der Waals surface area contributed by atoms with Crippen molar-refractivity contribution in [2.45, 2.75) is 97.3 Å². The second-order valence-electron chi connectivity index (χ2n) is 14.3. The minimum absolute atomic E-state index is 0.214. The van der Waals surface area contributed by atoms with E-state index in [2.05, 4.69) is 137 Å². The molecule has 1 unspecified atom stereocenters. The lowest BCUT2D eigenvalue weighted by molar-refractivity contribution is 0.656. The van der Waals surface area contributed by atoms with Gasteiger partial charge in [-0.25, -0.2) is 0 Å². The third-order valence-corrected chi connectivity index (χ3v) is 10.9. The van der Waals surface area contributed by atoms with Crippen molar-refractivity contribution in [3.63, 3.8) is 0 Å². The van der Waals surface area contributed by atoms with E-state index in [-0.39, 0.29) is 5.41 Å². The molecule has 0 nitrogen and oxygen atoms in total. The van der Waals surface area contributed by atoms with Crippen LogP contribution >= 0.6 is 0 Å². The van der Waals surface area contributed by atoms with Gasteiger partial charge in [-0.15, -0.1) is 0 Å². The minimum Gasteiger partial charge on any atom is -0.0654 e. The predicted molar refractivity (Wildman–Crippen MR) is 203 cm³/mol. The van der Waals surface area contributed by atoms with Crippen LogP contribution in [0.15, 0.2) is 103 Å². The van der Waals surface area contributed by atoms with Gasteiger partial charge in [0.05, 0.1) is 0 Å². The summed E-state index contributed by atoms with van der Waals surface area (Å²) in [5.41, 5.74) is 19.2. The molecular weight excluding hydrogens is 565 g/mol. The van der Waals surface area contributed by atoms with Crippen LogP contribution in [0, 0.1) is 6.92 Å². The normalized spacial score (nSPS) is 15.7. The van der Waals surface area contributed by atoms with E-state index in [4.69, 9.17) is 0 Å². The van der Waals surface area contributed by atoms with Crippen LogP contribution in [0.5, 0.6) is 0 Å². The first-order valence-electron chi connectivity index (χ1n) is 18.3. The summed E-state index contributed by atoms with van der Waals surface area (Å²) in [5, 5.41) is 0. The number of fused-ring (bicyclic) bond motifs is 6. The summed E-state index contributed by atoms with van der Waals surface area (Å²) < 4.78 is 0. The van der Waals surface area contributed by atoms with E-state index < -0.39 is 0 Å². The molecule has 0 aliphatic heterocycles. The van der Waals surface area contributed by atoms with E-state index in [9.17, 15) is 0 Å². The van der Waals surface area contributed by atoms with Crippen molar-refractivity contribution in [2.24, 2.45) is 0 Å². The Hall–Kier alpha value is -4.16. The molecule has 0 heteroatoms. The molecule has 47 heavy (non-hydrogen) atoms.